The Morgan fingerprint density at radius 2 is 2.12 bits per heavy atom. The number of morpholine rings is 1. The molecular formula is C16H20ClN5O3. The largest absolute Gasteiger partial charge is 0.375 e. The van der Waals surface area contributed by atoms with Gasteiger partial charge in [-0.3, -0.25) is 4.90 Å². The van der Waals surface area contributed by atoms with Crippen LogP contribution in [0.15, 0.2) is 30.3 Å². The molecule has 0 radical (unpaired) electrons. The topological polar surface area (TPSA) is 85.4 Å². The Balaban J connectivity index is 1.47. The van der Waals surface area contributed by atoms with E-state index in [4.69, 9.17) is 25.8 Å². The van der Waals surface area contributed by atoms with E-state index in [-0.39, 0.29) is 18.4 Å². The summed E-state index contributed by atoms with van der Waals surface area (Å²) >= 11 is 6.38. The number of benzene rings is 1. The monoisotopic (exact) mass is 365 g/mol. The fourth-order valence-electron chi connectivity index (χ4n) is 3.31. The van der Waals surface area contributed by atoms with Crippen LogP contribution in [-0.2, 0) is 20.6 Å². The third kappa shape index (κ3) is 3.83. The molecule has 0 spiro atoms. The van der Waals surface area contributed by atoms with Crippen molar-refractivity contribution in [2.24, 2.45) is 0 Å². The van der Waals surface area contributed by atoms with E-state index in [2.05, 4.69) is 37.7 Å². The van der Waals surface area contributed by atoms with Crippen LogP contribution in [0, 0.1) is 0 Å². The molecule has 2 fully saturated rings. The van der Waals surface area contributed by atoms with Crippen LogP contribution in [0.25, 0.3) is 0 Å². The van der Waals surface area contributed by atoms with Crippen molar-refractivity contribution in [3.8, 4) is 0 Å². The zero-order chi connectivity index (χ0) is 17.1. The predicted octanol–water partition coefficient (Wildman–Crippen LogP) is 1.12. The predicted molar refractivity (Wildman–Crippen MR) is 88.8 cm³/mol. The molecule has 2 aromatic rings. The van der Waals surface area contributed by atoms with E-state index < -0.39 is 5.56 Å². The van der Waals surface area contributed by atoms with E-state index in [0.717, 1.165) is 6.42 Å². The van der Waals surface area contributed by atoms with E-state index in [0.29, 0.717) is 32.2 Å². The van der Waals surface area contributed by atoms with E-state index >= 15 is 0 Å². The number of alkyl halides is 1. The Hall–Kier alpha value is -1.58. The number of H-pyrrole nitrogens is 1. The summed E-state index contributed by atoms with van der Waals surface area (Å²) in [7, 11) is 0. The number of hydrogen-bond acceptors (Lipinski definition) is 7. The molecule has 9 heteroatoms. The minimum atomic E-state index is -0.554. The van der Waals surface area contributed by atoms with Crippen LogP contribution < -0.4 is 0 Å². The second-order valence-electron chi connectivity index (χ2n) is 6.13. The summed E-state index contributed by atoms with van der Waals surface area (Å²) in [4.78, 5) is 2.11. The highest BCUT2D eigenvalue weighted by Crippen LogP contribution is 2.32. The van der Waals surface area contributed by atoms with Crippen LogP contribution in [0.4, 0.5) is 0 Å². The molecule has 8 nitrogen and oxygen atoms in total. The van der Waals surface area contributed by atoms with Crippen molar-refractivity contribution in [2.75, 3.05) is 26.4 Å². The third-order valence-corrected chi connectivity index (χ3v) is 4.83. The minimum absolute atomic E-state index is 0.00808. The van der Waals surface area contributed by atoms with Crippen LogP contribution in [0.1, 0.15) is 17.4 Å². The van der Waals surface area contributed by atoms with Crippen molar-refractivity contribution >= 4 is 11.6 Å². The number of nitrogens with zero attached hydrogens (tertiary/aromatic N) is 4. The van der Waals surface area contributed by atoms with Gasteiger partial charge < -0.3 is 14.2 Å². The molecule has 0 bridgehead atoms. The fraction of sp³-hybridized carbons (Fsp3) is 0.562. The quantitative estimate of drug-likeness (QED) is 0.812. The van der Waals surface area contributed by atoms with Crippen molar-refractivity contribution in [3.63, 3.8) is 0 Å². The first kappa shape index (κ1) is 16.9. The molecule has 2 aliphatic heterocycles. The maximum absolute atomic E-state index is 6.38. The lowest BCUT2D eigenvalue weighted by Crippen LogP contribution is -2.54. The summed E-state index contributed by atoms with van der Waals surface area (Å²) in [6.45, 7) is 2.25. The van der Waals surface area contributed by atoms with Crippen LogP contribution in [-0.4, -0.2) is 69.8 Å². The molecule has 0 saturated carbocycles. The highest BCUT2D eigenvalue weighted by Gasteiger charge is 2.41. The van der Waals surface area contributed by atoms with Gasteiger partial charge in [0.2, 0.25) is 0 Å². The van der Waals surface area contributed by atoms with Gasteiger partial charge in [0.1, 0.15) is 12.3 Å². The average molecular weight is 366 g/mol. The molecule has 4 atom stereocenters. The van der Waals surface area contributed by atoms with Gasteiger partial charge in [0.25, 0.3) is 0 Å². The molecular weight excluding hydrogens is 346 g/mol. The molecule has 1 aromatic heterocycles. The Morgan fingerprint density at radius 1 is 1.24 bits per heavy atom. The molecule has 2 saturated heterocycles. The number of aromatic nitrogens is 4. The highest BCUT2D eigenvalue weighted by molar-refractivity contribution is 6.20. The zero-order valence-electron chi connectivity index (χ0n) is 13.6. The molecule has 134 valence electrons. The van der Waals surface area contributed by atoms with Crippen LogP contribution in [0.2, 0.25) is 0 Å². The number of halogens is 1. The number of aromatic amines is 1. The van der Waals surface area contributed by atoms with Crippen molar-refractivity contribution < 1.29 is 14.2 Å². The molecule has 25 heavy (non-hydrogen) atoms. The lowest BCUT2D eigenvalue weighted by atomic mass is 10.1. The van der Waals surface area contributed by atoms with Crippen molar-refractivity contribution in [1.82, 2.24) is 25.5 Å². The van der Waals surface area contributed by atoms with Crippen LogP contribution >= 0.6 is 11.6 Å². The Bertz CT molecular complexity index is 659. The molecule has 2 aliphatic rings. The Labute approximate surface area is 150 Å². The SMILES string of the molecule is ClC1OCCN(C2COCC(Cc3ccccc3)O2)C1c1nnn[nH]1. The third-order valence-electron chi connectivity index (χ3n) is 4.46. The molecule has 1 aromatic carbocycles. The fourth-order valence-corrected chi connectivity index (χ4v) is 3.66. The smallest absolute Gasteiger partial charge is 0.169 e. The Morgan fingerprint density at radius 3 is 2.92 bits per heavy atom. The highest BCUT2D eigenvalue weighted by atomic mass is 35.5. The lowest BCUT2D eigenvalue weighted by Gasteiger charge is -2.44. The van der Waals surface area contributed by atoms with Crippen molar-refractivity contribution in [2.45, 2.75) is 30.4 Å². The van der Waals surface area contributed by atoms with E-state index in [1.165, 1.54) is 5.56 Å². The number of rotatable bonds is 4. The van der Waals surface area contributed by atoms with Gasteiger partial charge in [-0.25, -0.2) is 5.10 Å². The second kappa shape index (κ2) is 7.76. The second-order valence-corrected chi connectivity index (χ2v) is 6.56. The van der Waals surface area contributed by atoms with E-state index in [9.17, 15) is 0 Å². The van der Waals surface area contributed by atoms with Gasteiger partial charge in [-0.05, 0) is 16.0 Å². The standard InChI is InChI=1S/C16H20ClN5O3/c17-15-14(16-18-20-21-19-16)22(6-7-24-15)13-10-23-9-12(25-13)8-11-4-2-1-3-5-11/h1-5,12-15H,6-10H2,(H,18,19,20,21). The molecule has 3 heterocycles. The average Bonchev–Trinajstić information content (AvgIpc) is 3.17. The van der Waals surface area contributed by atoms with Crippen LogP contribution in [0.5, 0.6) is 0 Å². The van der Waals surface area contributed by atoms with Crippen molar-refractivity contribution in [3.05, 3.63) is 41.7 Å². The summed E-state index contributed by atoms with van der Waals surface area (Å²) in [6, 6.07) is 9.95. The summed E-state index contributed by atoms with van der Waals surface area (Å²) in [6.07, 6.45) is 0.578. The number of nitrogens with one attached hydrogen (secondary N) is 1. The first-order chi connectivity index (χ1) is 12.3. The van der Waals surface area contributed by atoms with Gasteiger partial charge in [0.15, 0.2) is 11.4 Å². The van der Waals surface area contributed by atoms with E-state index in [1.807, 2.05) is 18.2 Å². The molecule has 0 aliphatic carbocycles. The molecule has 4 unspecified atom stereocenters. The van der Waals surface area contributed by atoms with Gasteiger partial charge in [-0.1, -0.05) is 41.9 Å². The maximum atomic E-state index is 6.38. The number of tetrazole rings is 1. The van der Waals surface area contributed by atoms with Gasteiger partial charge >= 0.3 is 0 Å². The van der Waals surface area contributed by atoms with Crippen molar-refractivity contribution in [1.29, 1.82) is 0 Å². The van der Waals surface area contributed by atoms with Gasteiger partial charge in [0.05, 0.1) is 25.9 Å². The summed E-state index contributed by atoms with van der Waals surface area (Å²) < 4.78 is 17.7. The lowest BCUT2D eigenvalue weighted by molar-refractivity contribution is -0.220. The minimum Gasteiger partial charge on any atom is -0.375 e. The number of hydrogen-bond donors (Lipinski definition) is 1. The molecule has 4 rings (SSSR count). The normalized spacial score (nSPS) is 31.1. The first-order valence-electron chi connectivity index (χ1n) is 8.33. The first-order valence-corrected chi connectivity index (χ1v) is 8.77. The summed E-state index contributed by atoms with van der Waals surface area (Å²) in [5, 5.41) is 14.1. The summed E-state index contributed by atoms with van der Waals surface area (Å²) in [5.41, 5.74) is 0.673. The van der Waals surface area contributed by atoms with Gasteiger partial charge in [-0.2, -0.15) is 0 Å². The van der Waals surface area contributed by atoms with Crippen LogP contribution in [0.3, 0.4) is 0 Å². The van der Waals surface area contributed by atoms with Gasteiger partial charge in [-0.15, -0.1) is 5.10 Å². The molecule has 1 N–H and O–H groups in total. The zero-order valence-corrected chi connectivity index (χ0v) is 14.4. The van der Waals surface area contributed by atoms with Gasteiger partial charge in [0, 0.05) is 13.0 Å². The van der Waals surface area contributed by atoms with E-state index in [1.54, 1.807) is 0 Å². The number of ether oxygens (including phenoxy) is 3. The molecule has 0 amide bonds. The maximum Gasteiger partial charge on any atom is 0.169 e. The Kier molecular flexibility index (Phi) is 5.23. The summed E-state index contributed by atoms with van der Waals surface area (Å²) in [5.74, 6) is 0.563.